The molecule has 1 N–H and O–H groups in total. The van der Waals surface area contributed by atoms with E-state index >= 15 is 0 Å². The fourth-order valence-electron chi connectivity index (χ4n) is 4.10. The van der Waals surface area contributed by atoms with Crippen molar-refractivity contribution in [2.24, 2.45) is 0 Å². The summed E-state index contributed by atoms with van der Waals surface area (Å²) in [5, 5.41) is 2.56. The molecule has 0 aliphatic carbocycles. The number of carbonyl (C=O) groups excluding carboxylic acids is 3. The lowest BCUT2D eigenvalue weighted by atomic mass is 9.97. The molecule has 3 amide bonds. The molecule has 2 aromatic carbocycles. The summed E-state index contributed by atoms with van der Waals surface area (Å²) < 4.78 is 18.9. The molecule has 8 heteroatoms. The summed E-state index contributed by atoms with van der Waals surface area (Å²) in [4.78, 5) is 40.5. The highest BCUT2D eigenvalue weighted by Crippen LogP contribution is 2.23. The van der Waals surface area contributed by atoms with Crippen LogP contribution in [0.4, 0.5) is 10.1 Å². The first-order valence-electron chi connectivity index (χ1n) is 11.1. The maximum Gasteiger partial charge on any atom is 0.260 e. The first kappa shape index (κ1) is 24.2. The average Bonchev–Trinajstić information content (AvgIpc) is 2.77. The Labute approximate surface area is 193 Å². The zero-order valence-corrected chi connectivity index (χ0v) is 19.2. The number of anilines is 1. The number of amides is 3. The van der Waals surface area contributed by atoms with E-state index in [-0.39, 0.29) is 37.0 Å². The largest absolute Gasteiger partial charge is 0.484 e. The van der Waals surface area contributed by atoms with Crippen LogP contribution in [0.15, 0.2) is 48.5 Å². The third kappa shape index (κ3) is 6.54. The molecule has 1 fully saturated rings. The van der Waals surface area contributed by atoms with Crippen molar-refractivity contribution >= 4 is 23.4 Å². The number of likely N-dealkylation sites (tertiary alicyclic amines) is 1. The Morgan fingerprint density at radius 1 is 1.09 bits per heavy atom. The van der Waals surface area contributed by atoms with Crippen molar-refractivity contribution in [3.63, 3.8) is 0 Å². The van der Waals surface area contributed by atoms with E-state index in [1.165, 1.54) is 30.1 Å². The van der Waals surface area contributed by atoms with Crippen molar-refractivity contribution < 1.29 is 23.5 Å². The van der Waals surface area contributed by atoms with E-state index in [0.717, 1.165) is 19.3 Å². The van der Waals surface area contributed by atoms with E-state index in [0.29, 0.717) is 17.0 Å². The SMILES string of the molecule is CC1CCCC(C)N1C(=O)COc1ccc(C(=O)N(C)CC(=O)Nc2cccc(F)c2)cc1. The molecule has 0 radical (unpaired) electrons. The number of ether oxygens (including phenoxy) is 1. The molecule has 0 aromatic heterocycles. The molecule has 1 saturated heterocycles. The lowest BCUT2D eigenvalue weighted by Crippen LogP contribution is -2.49. The highest BCUT2D eigenvalue weighted by molar-refractivity contribution is 5.99. The predicted octanol–water partition coefficient (Wildman–Crippen LogP) is 3.70. The van der Waals surface area contributed by atoms with Gasteiger partial charge in [0.1, 0.15) is 11.6 Å². The number of hydrogen-bond donors (Lipinski definition) is 1. The average molecular weight is 456 g/mol. The van der Waals surface area contributed by atoms with Crippen LogP contribution in [0.25, 0.3) is 0 Å². The van der Waals surface area contributed by atoms with E-state index in [1.807, 2.05) is 4.90 Å². The Morgan fingerprint density at radius 2 is 1.76 bits per heavy atom. The summed E-state index contributed by atoms with van der Waals surface area (Å²) in [6.45, 7) is 3.88. The third-order valence-electron chi connectivity index (χ3n) is 5.78. The van der Waals surface area contributed by atoms with Crippen molar-refractivity contribution in [2.45, 2.75) is 45.2 Å². The molecule has 0 bridgehead atoms. The van der Waals surface area contributed by atoms with Crippen LogP contribution in [0.5, 0.6) is 5.75 Å². The molecule has 7 nitrogen and oxygen atoms in total. The maximum absolute atomic E-state index is 13.2. The number of piperidine rings is 1. The molecule has 1 aliphatic rings. The molecule has 0 spiro atoms. The number of carbonyl (C=O) groups is 3. The van der Waals surface area contributed by atoms with E-state index < -0.39 is 11.7 Å². The van der Waals surface area contributed by atoms with E-state index in [4.69, 9.17) is 4.74 Å². The maximum atomic E-state index is 13.2. The highest BCUT2D eigenvalue weighted by atomic mass is 19.1. The zero-order chi connectivity index (χ0) is 24.0. The predicted molar refractivity (Wildman–Crippen MR) is 124 cm³/mol. The molecule has 1 heterocycles. The second-order valence-corrected chi connectivity index (χ2v) is 8.46. The Balaban J connectivity index is 1.50. The lowest BCUT2D eigenvalue weighted by Gasteiger charge is -2.38. The van der Waals surface area contributed by atoms with E-state index in [9.17, 15) is 18.8 Å². The van der Waals surface area contributed by atoms with Gasteiger partial charge in [0, 0.05) is 30.4 Å². The van der Waals surface area contributed by atoms with Gasteiger partial charge in [0.25, 0.3) is 11.8 Å². The van der Waals surface area contributed by atoms with Gasteiger partial charge in [-0.1, -0.05) is 6.07 Å². The Bertz CT molecular complexity index is 985. The van der Waals surface area contributed by atoms with Gasteiger partial charge in [0.15, 0.2) is 6.61 Å². The van der Waals surface area contributed by atoms with Crippen LogP contribution >= 0.6 is 0 Å². The number of likely N-dealkylation sites (N-methyl/N-ethyl adjacent to an activating group) is 1. The van der Waals surface area contributed by atoms with Crippen LogP contribution in [-0.2, 0) is 9.59 Å². The second-order valence-electron chi connectivity index (χ2n) is 8.46. The topological polar surface area (TPSA) is 79.0 Å². The Morgan fingerprint density at radius 3 is 2.39 bits per heavy atom. The number of rotatable bonds is 7. The monoisotopic (exact) mass is 455 g/mol. The number of hydrogen-bond acceptors (Lipinski definition) is 4. The minimum absolute atomic E-state index is 0.0427. The summed E-state index contributed by atoms with van der Waals surface area (Å²) >= 11 is 0. The molecule has 33 heavy (non-hydrogen) atoms. The first-order valence-corrected chi connectivity index (χ1v) is 11.1. The van der Waals surface area contributed by atoms with Gasteiger partial charge in [-0.15, -0.1) is 0 Å². The third-order valence-corrected chi connectivity index (χ3v) is 5.78. The van der Waals surface area contributed by atoms with Gasteiger partial charge >= 0.3 is 0 Å². The van der Waals surface area contributed by atoms with Crippen molar-refractivity contribution in [2.75, 3.05) is 25.5 Å². The summed E-state index contributed by atoms with van der Waals surface area (Å²) in [5.41, 5.74) is 0.707. The molecule has 3 rings (SSSR count). The fourth-order valence-corrected chi connectivity index (χ4v) is 4.10. The fraction of sp³-hybridized carbons (Fsp3) is 0.400. The number of nitrogens with one attached hydrogen (secondary N) is 1. The van der Waals surface area contributed by atoms with Gasteiger partial charge in [-0.05, 0) is 75.6 Å². The molecule has 2 aromatic rings. The van der Waals surface area contributed by atoms with Crippen molar-refractivity contribution in [1.82, 2.24) is 9.80 Å². The number of nitrogens with zero attached hydrogens (tertiary/aromatic N) is 2. The summed E-state index contributed by atoms with van der Waals surface area (Å²) in [6, 6.07) is 12.4. The van der Waals surface area contributed by atoms with Crippen LogP contribution in [0.2, 0.25) is 0 Å². The quantitative estimate of drug-likeness (QED) is 0.691. The normalized spacial score (nSPS) is 17.9. The molecule has 0 saturated carbocycles. The van der Waals surface area contributed by atoms with E-state index in [1.54, 1.807) is 30.3 Å². The van der Waals surface area contributed by atoms with Crippen LogP contribution < -0.4 is 10.1 Å². The highest BCUT2D eigenvalue weighted by Gasteiger charge is 2.29. The van der Waals surface area contributed by atoms with Gasteiger partial charge in [-0.2, -0.15) is 0 Å². The lowest BCUT2D eigenvalue weighted by molar-refractivity contribution is -0.139. The van der Waals surface area contributed by atoms with Crippen molar-refractivity contribution in [3.8, 4) is 5.75 Å². The number of benzene rings is 2. The van der Waals surface area contributed by atoms with Gasteiger partial charge in [-0.25, -0.2) is 4.39 Å². The standard InChI is InChI=1S/C25H30FN3O4/c1-17-6-4-7-18(2)29(17)24(31)16-33-22-12-10-19(11-13-22)25(32)28(3)15-23(30)27-21-9-5-8-20(26)14-21/h5,8-14,17-18H,4,6-7,15-16H2,1-3H3,(H,27,30). The smallest absolute Gasteiger partial charge is 0.260 e. The first-order chi connectivity index (χ1) is 15.7. The molecule has 2 unspecified atom stereocenters. The van der Waals surface area contributed by atoms with Gasteiger partial charge in [0.05, 0.1) is 6.54 Å². The van der Waals surface area contributed by atoms with Crippen molar-refractivity contribution in [1.29, 1.82) is 0 Å². The summed E-state index contributed by atoms with van der Waals surface area (Å²) in [6.07, 6.45) is 3.13. The zero-order valence-electron chi connectivity index (χ0n) is 19.2. The minimum atomic E-state index is -0.457. The molecular formula is C25H30FN3O4. The van der Waals surface area contributed by atoms with Gasteiger partial charge in [0.2, 0.25) is 5.91 Å². The second kappa shape index (κ2) is 10.9. The van der Waals surface area contributed by atoms with Crippen LogP contribution in [-0.4, -0.2) is 59.8 Å². The summed E-state index contributed by atoms with van der Waals surface area (Å²) in [7, 11) is 1.51. The molecule has 1 aliphatic heterocycles. The Hall–Kier alpha value is -3.42. The molecule has 2 atom stereocenters. The summed E-state index contributed by atoms with van der Waals surface area (Å²) in [5.74, 6) is -0.789. The van der Waals surface area contributed by atoms with Gasteiger partial charge in [-0.3, -0.25) is 14.4 Å². The van der Waals surface area contributed by atoms with Crippen molar-refractivity contribution in [3.05, 3.63) is 59.9 Å². The van der Waals surface area contributed by atoms with Gasteiger partial charge < -0.3 is 19.9 Å². The van der Waals surface area contributed by atoms with Crippen LogP contribution in [0.3, 0.4) is 0 Å². The molecular weight excluding hydrogens is 425 g/mol. The van der Waals surface area contributed by atoms with Crippen LogP contribution in [0, 0.1) is 5.82 Å². The Kier molecular flexibility index (Phi) is 8.03. The number of halogens is 1. The molecule has 176 valence electrons. The van der Waals surface area contributed by atoms with Crippen LogP contribution in [0.1, 0.15) is 43.5 Å². The minimum Gasteiger partial charge on any atom is -0.484 e. The van der Waals surface area contributed by atoms with E-state index in [2.05, 4.69) is 19.2 Å².